The molecule has 2 aromatic carbocycles. The van der Waals surface area contributed by atoms with Crippen LogP contribution in [0.25, 0.3) is 16.3 Å². The summed E-state index contributed by atoms with van der Waals surface area (Å²) in [5.74, 6) is 0.642. The van der Waals surface area contributed by atoms with Crippen molar-refractivity contribution in [2.75, 3.05) is 5.32 Å². The highest BCUT2D eigenvalue weighted by Crippen LogP contribution is 2.31. The van der Waals surface area contributed by atoms with Crippen molar-refractivity contribution in [3.05, 3.63) is 70.9 Å². The molecule has 0 fully saturated rings. The molecule has 3 aromatic rings. The molecular weight excluding hydrogens is 340 g/mol. The predicted octanol–water partition coefficient (Wildman–Crippen LogP) is 4.47. The zero-order valence-corrected chi connectivity index (χ0v) is 14.1. The monoisotopic (exact) mass is 354 g/mol. The molecule has 0 aliphatic heterocycles. The summed E-state index contributed by atoms with van der Waals surface area (Å²) in [5, 5.41) is 21.6. The van der Waals surface area contributed by atoms with Gasteiger partial charge in [-0.05, 0) is 31.2 Å². The third kappa shape index (κ3) is 3.79. The van der Waals surface area contributed by atoms with Crippen molar-refractivity contribution < 1.29 is 9.52 Å². The van der Waals surface area contributed by atoms with E-state index in [4.69, 9.17) is 22.6 Å². The lowest BCUT2D eigenvalue weighted by Gasteiger charge is -2.19. The lowest BCUT2D eigenvalue weighted by Crippen LogP contribution is -2.23. The highest BCUT2D eigenvalue weighted by molar-refractivity contribution is 6.33. The molecule has 2 N–H and O–H groups in total. The van der Waals surface area contributed by atoms with Gasteiger partial charge in [0.15, 0.2) is 0 Å². The molecule has 0 unspecified atom stereocenters. The summed E-state index contributed by atoms with van der Waals surface area (Å²) in [6, 6.07) is 13.7. The van der Waals surface area contributed by atoms with Gasteiger partial charge in [-0.15, -0.1) is 10.2 Å². The van der Waals surface area contributed by atoms with E-state index in [9.17, 15) is 5.11 Å². The minimum atomic E-state index is -0.789. The third-order valence-electron chi connectivity index (χ3n) is 3.60. The number of aliphatic hydroxyl groups excluding tert-OH is 1. The highest BCUT2D eigenvalue weighted by Gasteiger charge is 2.24. The maximum absolute atomic E-state index is 10.1. The Kier molecular flexibility index (Phi) is 4.98. The summed E-state index contributed by atoms with van der Waals surface area (Å²) in [6.45, 7) is 8.65. The smallest absolute Gasteiger partial charge is 0.247 e. The quantitative estimate of drug-likeness (QED) is 0.661. The second-order valence-corrected chi connectivity index (χ2v) is 5.86. The Bertz CT molecular complexity index is 903. The lowest BCUT2D eigenvalue weighted by atomic mass is 10.1. The SMILES string of the molecule is [C-]#[N+]c1ccc(N[C@@H](c2nnc(-c3ccccc3)o2)[C@H](C)O)cc1Cl. The second-order valence-electron chi connectivity index (χ2n) is 5.45. The van der Waals surface area contributed by atoms with Crippen molar-refractivity contribution in [2.45, 2.75) is 19.1 Å². The van der Waals surface area contributed by atoms with Crippen LogP contribution in [0, 0.1) is 6.57 Å². The first-order valence-corrected chi connectivity index (χ1v) is 7.96. The largest absolute Gasteiger partial charge is 0.418 e. The van der Waals surface area contributed by atoms with E-state index in [1.807, 2.05) is 30.3 Å². The lowest BCUT2D eigenvalue weighted by molar-refractivity contribution is 0.160. The zero-order valence-electron chi connectivity index (χ0n) is 13.3. The normalized spacial score (nSPS) is 13.0. The number of nitrogens with zero attached hydrogens (tertiary/aromatic N) is 3. The van der Waals surface area contributed by atoms with Crippen LogP contribution in [0.5, 0.6) is 0 Å². The molecule has 0 bridgehead atoms. The summed E-state index contributed by atoms with van der Waals surface area (Å²) in [4.78, 5) is 3.32. The summed E-state index contributed by atoms with van der Waals surface area (Å²) < 4.78 is 5.71. The van der Waals surface area contributed by atoms with Crippen molar-refractivity contribution in [1.29, 1.82) is 0 Å². The van der Waals surface area contributed by atoms with E-state index in [0.717, 1.165) is 5.56 Å². The second kappa shape index (κ2) is 7.34. The molecule has 2 atom stereocenters. The van der Waals surface area contributed by atoms with E-state index in [-0.39, 0.29) is 5.89 Å². The Morgan fingerprint density at radius 1 is 1.20 bits per heavy atom. The molecule has 1 aromatic heterocycles. The maximum Gasteiger partial charge on any atom is 0.247 e. The molecule has 25 heavy (non-hydrogen) atoms. The summed E-state index contributed by atoms with van der Waals surface area (Å²) in [6.07, 6.45) is -0.789. The molecule has 0 spiro atoms. The molecule has 0 amide bonds. The van der Waals surface area contributed by atoms with Crippen molar-refractivity contribution in [3.63, 3.8) is 0 Å². The Morgan fingerprint density at radius 2 is 1.96 bits per heavy atom. The first-order chi connectivity index (χ1) is 12.1. The predicted molar refractivity (Wildman–Crippen MR) is 95.5 cm³/mol. The highest BCUT2D eigenvalue weighted by atomic mass is 35.5. The molecule has 126 valence electrons. The number of halogens is 1. The first kappa shape index (κ1) is 17.0. The van der Waals surface area contributed by atoms with E-state index in [1.165, 1.54) is 0 Å². The van der Waals surface area contributed by atoms with E-state index in [2.05, 4.69) is 20.4 Å². The average molecular weight is 355 g/mol. The molecule has 6 nitrogen and oxygen atoms in total. The molecule has 0 radical (unpaired) electrons. The minimum Gasteiger partial charge on any atom is -0.418 e. The summed E-state index contributed by atoms with van der Waals surface area (Å²) in [7, 11) is 0. The van der Waals surface area contributed by atoms with Gasteiger partial charge in [-0.25, -0.2) is 4.85 Å². The van der Waals surface area contributed by atoms with Gasteiger partial charge in [0, 0.05) is 16.3 Å². The summed E-state index contributed by atoms with van der Waals surface area (Å²) in [5.41, 5.74) is 1.81. The molecule has 0 saturated heterocycles. The van der Waals surface area contributed by atoms with Gasteiger partial charge in [0.2, 0.25) is 17.5 Å². The van der Waals surface area contributed by atoms with Gasteiger partial charge in [0.25, 0.3) is 0 Å². The van der Waals surface area contributed by atoms with Crippen LogP contribution in [0.15, 0.2) is 52.9 Å². The number of aliphatic hydroxyl groups is 1. The van der Waals surface area contributed by atoms with Crippen molar-refractivity contribution >= 4 is 23.0 Å². The van der Waals surface area contributed by atoms with Crippen LogP contribution in [0.3, 0.4) is 0 Å². The van der Waals surface area contributed by atoms with Crippen LogP contribution in [-0.2, 0) is 0 Å². The Balaban J connectivity index is 1.86. The molecule has 0 saturated carbocycles. The number of hydrogen-bond acceptors (Lipinski definition) is 5. The number of benzene rings is 2. The van der Waals surface area contributed by atoms with Gasteiger partial charge in [-0.3, -0.25) is 0 Å². The average Bonchev–Trinajstić information content (AvgIpc) is 3.10. The molecule has 0 aliphatic rings. The van der Waals surface area contributed by atoms with Crippen LogP contribution in [-0.4, -0.2) is 21.4 Å². The van der Waals surface area contributed by atoms with Gasteiger partial charge >= 0.3 is 0 Å². The Morgan fingerprint density at radius 3 is 2.60 bits per heavy atom. The Hall–Kier alpha value is -2.88. The third-order valence-corrected chi connectivity index (χ3v) is 3.90. The maximum atomic E-state index is 10.1. The Labute approximate surface area is 149 Å². The van der Waals surface area contributed by atoms with E-state index in [1.54, 1.807) is 25.1 Å². The van der Waals surface area contributed by atoms with Crippen molar-refractivity contribution in [1.82, 2.24) is 10.2 Å². The van der Waals surface area contributed by atoms with Crippen molar-refractivity contribution in [3.8, 4) is 11.5 Å². The molecule has 7 heteroatoms. The van der Waals surface area contributed by atoms with E-state index < -0.39 is 12.1 Å². The standard InChI is InChI=1S/C18H15ClN4O2/c1-11(24)16(21-13-8-9-15(20-2)14(19)10-13)18-23-22-17(25-18)12-6-4-3-5-7-12/h3-11,16,21,24H,1H3/t11-,16+/m0/s1. The fraction of sp³-hybridized carbons (Fsp3) is 0.167. The van der Waals surface area contributed by atoms with Crippen LogP contribution >= 0.6 is 11.6 Å². The van der Waals surface area contributed by atoms with Gasteiger partial charge in [0.1, 0.15) is 6.04 Å². The van der Waals surface area contributed by atoms with Gasteiger partial charge in [0.05, 0.1) is 12.7 Å². The van der Waals surface area contributed by atoms with Gasteiger partial charge in [-0.2, -0.15) is 0 Å². The van der Waals surface area contributed by atoms with Gasteiger partial charge < -0.3 is 14.8 Å². The number of rotatable bonds is 5. The number of anilines is 1. The topological polar surface area (TPSA) is 75.5 Å². The van der Waals surface area contributed by atoms with E-state index in [0.29, 0.717) is 22.3 Å². The summed E-state index contributed by atoms with van der Waals surface area (Å²) >= 11 is 6.06. The van der Waals surface area contributed by atoms with Crippen LogP contribution in [0.1, 0.15) is 18.9 Å². The molecular formula is C18H15ClN4O2. The first-order valence-electron chi connectivity index (χ1n) is 7.59. The fourth-order valence-corrected chi connectivity index (χ4v) is 2.54. The number of nitrogens with one attached hydrogen (secondary N) is 1. The molecule has 1 heterocycles. The van der Waals surface area contributed by atoms with E-state index >= 15 is 0 Å². The van der Waals surface area contributed by atoms with Crippen LogP contribution < -0.4 is 5.32 Å². The van der Waals surface area contributed by atoms with Crippen LogP contribution in [0.4, 0.5) is 11.4 Å². The molecule has 0 aliphatic carbocycles. The number of hydrogen-bond donors (Lipinski definition) is 2. The zero-order chi connectivity index (χ0) is 17.8. The van der Waals surface area contributed by atoms with Gasteiger partial charge in [-0.1, -0.05) is 35.9 Å². The number of aromatic nitrogens is 2. The fourth-order valence-electron chi connectivity index (χ4n) is 2.31. The van der Waals surface area contributed by atoms with Crippen LogP contribution in [0.2, 0.25) is 5.02 Å². The van der Waals surface area contributed by atoms with Crippen molar-refractivity contribution in [2.24, 2.45) is 0 Å². The molecule has 3 rings (SSSR count). The minimum absolute atomic E-state index is 0.263.